The highest BCUT2D eigenvalue weighted by Crippen LogP contribution is 2.21. The minimum absolute atomic E-state index is 0.381. The van der Waals surface area contributed by atoms with Gasteiger partial charge in [-0.15, -0.1) is 0 Å². The number of thioether (sulfide) groups is 1. The first-order valence-corrected chi connectivity index (χ1v) is 8.04. The Morgan fingerprint density at radius 1 is 1.35 bits per heavy atom. The van der Waals surface area contributed by atoms with Gasteiger partial charge in [-0.25, -0.2) is 4.79 Å². The number of ether oxygens (including phenoxy) is 1. The first-order chi connectivity index (χ1) is 9.56. The molecule has 20 heavy (non-hydrogen) atoms. The maximum Gasteiger partial charge on any atom is 0.409 e. The van der Waals surface area contributed by atoms with E-state index in [2.05, 4.69) is 36.6 Å². The molecule has 112 valence electrons. The second-order valence-electron chi connectivity index (χ2n) is 4.65. The number of hydrogen-bond donors (Lipinski definition) is 2. The van der Waals surface area contributed by atoms with Crippen LogP contribution in [-0.2, 0) is 4.74 Å². The molecule has 0 aliphatic carbocycles. The summed E-state index contributed by atoms with van der Waals surface area (Å²) in [6.45, 7) is 8.77. The highest BCUT2D eigenvalue weighted by Gasteiger charge is 2.13. The quantitative estimate of drug-likeness (QED) is 0.747. The molecule has 1 rings (SSSR count). The van der Waals surface area contributed by atoms with Crippen LogP contribution in [0.15, 0.2) is 24.3 Å². The molecule has 0 saturated heterocycles. The summed E-state index contributed by atoms with van der Waals surface area (Å²) in [5.74, 6) is 1.33. The third kappa shape index (κ3) is 5.74. The molecule has 1 aromatic carbocycles. The van der Waals surface area contributed by atoms with Crippen molar-refractivity contribution in [2.24, 2.45) is 0 Å². The van der Waals surface area contributed by atoms with Crippen LogP contribution in [0.4, 0.5) is 10.5 Å². The van der Waals surface area contributed by atoms with Crippen LogP contribution < -0.4 is 10.6 Å². The lowest BCUT2D eigenvalue weighted by Crippen LogP contribution is -2.31. The fraction of sp³-hybridized carbons (Fsp3) is 0.533. The molecule has 1 aromatic rings. The van der Waals surface area contributed by atoms with Gasteiger partial charge in [-0.2, -0.15) is 0 Å². The van der Waals surface area contributed by atoms with Crippen LogP contribution in [0.25, 0.3) is 0 Å². The fourth-order valence-corrected chi connectivity index (χ4v) is 2.34. The lowest BCUT2D eigenvalue weighted by Gasteiger charge is -2.20. The van der Waals surface area contributed by atoms with Gasteiger partial charge in [0.1, 0.15) is 0 Å². The summed E-state index contributed by atoms with van der Waals surface area (Å²) in [5, 5.41) is 5.88. The van der Waals surface area contributed by atoms with Crippen LogP contribution in [0, 0.1) is 0 Å². The predicted molar refractivity (Wildman–Crippen MR) is 86.2 cm³/mol. The predicted octanol–water partition coefficient (Wildman–Crippen LogP) is 4.00. The number of nitrogens with one attached hydrogen (secondary N) is 2. The van der Waals surface area contributed by atoms with E-state index in [1.807, 2.05) is 26.0 Å². The number of hydrogen-bond acceptors (Lipinski definition) is 4. The molecule has 0 spiro atoms. The van der Waals surface area contributed by atoms with Crippen LogP contribution >= 0.6 is 11.8 Å². The zero-order valence-electron chi connectivity index (χ0n) is 12.6. The summed E-state index contributed by atoms with van der Waals surface area (Å²) in [7, 11) is 0. The minimum atomic E-state index is -0.397. The van der Waals surface area contributed by atoms with Crippen molar-refractivity contribution in [3.8, 4) is 0 Å². The van der Waals surface area contributed by atoms with Gasteiger partial charge >= 0.3 is 6.09 Å². The van der Waals surface area contributed by atoms with Gasteiger partial charge < -0.3 is 15.4 Å². The molecular weight excluding hydrogens is 272 g/mol. The fourth-order valence-electron chi connectivity index (χ4n) is 1.66. The maximum absolute atomic E-state index is 11.5. The molecule has 0 aromatic heterocycles. The van der Waals surface area contributed by atoms with Crippen molar-refractivity contribution in [1.29, 1.82) is 0 Å². The zero-order valence-corrected chi connectivity index (χ0v) is 13.4. The van der Waals surface area contributed by atoms with E-state index in [0.717, 1.165) is 11.4 Å². The van der Waals surface area contributed by atoms with E-state index in [0.29, 0.717) is 12.5 Å². The third-order valence-electron chi connectivity index (χ3n) is 2.69. The maximum atomic E-state index is 11.5. The number of benzene rings is 1. The molecule has 0 radical (unpaired) electrons. The van der Waals surface area contributed by atoms with E-state index in [-0.39, 0.29) is 5.56 Å². The van der Waals surface area contributed by atoms with Gasteiger partial charge in [0.15, 0.2) is 0 Å². The highest BCUT2D eigenvalue weighted by atomic mass is 32.2. The topological polar surface area (TPSA) is 50.4 Å². The molecule has 0 fully saturated rings. The lowest BCUT2D eigenvalue weighted by molar-refractivity contribution is 0.144. The van der Waals surface area contributed by atoms with Gasteiger partial charge in [0.2, 0.25) is 5.56 Å². The summed E-state index contributed by atoms with van der Waals surface area (Å²) in [6, 6.07) is 8.19. The van der Waals surface area contributed by atoms with E-state index in [1.165, 1.54) is 5.56 Å². The van der Waals surface area contributed by atoms with Gasteiger partial charge in [-0.05, 0) is 36.3 Å². The molecule has 4 nitrogen and oxygen atoms in total. The van der Waals surface area contributed by atoms with Crippen LogP contribution in [-0.4, -0.2) is 24.0 Å². The van der Waals surface area contributed by atoms with E-state index in [1.54, 1.807) is 11.8 Å². The van der Waals surface area contributed by atoms with Gasteiger partial charge in [0.05, 0.1) is 0 Å². The second kappa shape index (κ2) is 8.74. The first-order valence-electron chi connectivity index (χ1n) is 6.99. The largest absolute Gasteiger partial charge is 0.416 e. The monoisotopic (exact) mass is 296 g/mol. The molecule has 1 amide bonds. The van der Waals surface area contributed by atoms with Crippen molar-refractivity contribution >= 4 is 23.5 Å². The van der Waals surface area contributed by atoms with Crippen LogP contribution in [0.5, 0.6) is 0 Å². The summed E-state index contributed by atoms with van der Waals surface area (Å²) in [5.41, 5.74) is 1.84. The number of carbonyl (C=O) groups is 1. The molecule has 1 atom stereocenters. The smallest absolute Gasteiger partial charge is 0.409 e. The van der Waals surface area contributed by atoms with Crippen molar-refractivity contribution in [3.05, 3.63) is 29.8 Å². The second-order valence-corrected chi connectivity index (χ2v) is 5.99. The molecule has 2 N–H and O–H groups in total. The lowest BCUT2D eigenvalue weighted by atomic mass is 10.0. The molecule has 0 aliphatic heterocycles. The van der Waals surface area contributed by atoms with Crippen molar-refractivity contribution in [2.75, 3.05) is 17.6 Å². The van der Waals surface area contributed by atoms with E-state index >= 15 is 0 Å². The summed E-state index contributed by atoms with van der Waals surface area (Å²) in [4.78, 5) is 11.5. The Morgan fingerprint density at radius 3 is 2.70 bits per heavy atom. The molecule has 0 bridgehead atoms. The molecule has 0 aliphatic rings. The number of alkyl carbamates (subject to hydrolysis) is 1. The number of carbonyl (C=O) groups excluding carboxylic acids is 1. The van der Waals surface area contributed by atoms with Gasteiger partial charge in [0.25, 0.3) is 0 Å². The standard InChI is InChI=1S/C15H24N2O2S/c1-5-16-14(18)19-15(20-6-2)17-13-9-7-8-12(10-13)11(3)4/h7-11,15,17H,5-6H2,1-4H3,(H,16,18). The van der Waals surface area contributed by atoms with Gasteiger partial charge in [-0.3, -0.25) is 0 Å². The van der Waals surface area contributed by atoms with Crippen molar-refractivity contribution in [3.63, 3.8) is 0 Å². The van der Waals surface area contributed by atoms with Crippen molar-refractivity contribution in [2.45, 2.75) is 39.2 Å². The van der Waals surface area contributed by atoms with E-state index in [9.17, 15) is 4.79 Å². The van der Waals surface area contributed by atoms with Crippen molar-refractivity contribution < 1.29 is 9.53 Å². The average molecular weight is 296 g/mol. The highest BCUT2D eigenvalue weighted by molar-refractivity contribution is 7.99. The average Bonchev–Trinajstić information content (AvgIpc) is 2.39. The van der Waals surface area contributed by atoms with E-state index in [4.69, 9.17) is 4.74 Å². The Morgan fingerprint density at radius 2 is 2.10 bits per heavy atom. The number of anilines is 1. The van der Waals surface area contributed by atoms with Crippen molar-refractivity contribution in [1.82, 2.24) is 5.32 Å². The van der Waals surface area contributed by atoms with Gasteiger partial charge in [-0.1, -0.05) is 44.7 Å². The third-order valence-corrected chi connectivity index (χ3v) is 3.54. The Kier molecular flexibility index (Phi) is 7.30. The van der Waals surface area contributed by atoms with E-state index < -0.39 is 6.09 Å². The molecule has 0 heterocycles. The zero-order chi connectivity index (χ0) is 15.0. The molecule has 5 heteroatoms. The normalized spacial score (nSPS) is 12.1. The minimum Gasteiger partial charge on any atom is -0.416 e. The Hall–Kier alpha value is -1.36. The molecule has 0 saturated carbocycles. The molecular formula is C15H24N2O2S. The van der Waals surface area contributed by atoms with Crippen LogP contribution in [0.3, 0.4) is 0 Å². The molecule has 1 unspecified atom stereocenters. The Balaban J connectivity index is 2.69. The summed E-state index contributed by atoms with van der Waals surface area (Å²) < 4.78 is 5.34. The van der Waals surface area contributed by atoms with Crippen LogP contribution in [0.2, 0.25) is 0 Å². The number of rotatable bonds is 7. The first kappa shape index (κ1) is 16.7. The Labute approximate surface area is 125 Å². The SMILES string of the molecule is CCNC(=O)OC(Nc1cccc(C(C)C)c1)SCC. The summed E-state index contributed by atoms with van der Waals surface area (Å²) in [6.07, 6.45) is -0.397. The van der Waals surface area contributed by atoms with Gasteiger partial charge in [0, 0.05) is 12.2 Å². The number of amides is 1. The summed E-state index contributed by atoms with van der Waals surface area (Å²) >= 11 is 1.55. The van der Waals surface area contributed by atoms with Crippen LogP contribution in [0.1, 0.15) is 39.2 Å². The Bertz CT molecular complexity index is 424.